The molecule has 0 aliphatic carbocycles. The SMILES string of the molecule is N[C@H](C(=O)O)[C@H](O)c1ccc(N([O-])O)cc1. The summed E-state index contributed by atoms with van der Waals surface area (Å²) in [6.07, 6.45) is -1.37. The number of carboxylic acids is 1. The summed E-state index contributed by atoms with van der Waals surface area (Å²) in [5.74, 6) is -1.33. The molecule has 0 aromatic heterocycles. The fourth-order valence-corrected chi connectivity index (χ4v) is 1.14. The second-order valence-corrected chi connectivity index (χ2v) is 3.17. The summed E-state index contributed by atoms with van der Waals surface area (Å²) in [6, 6.07) is 3.65. The first kappa shape index (κ1) is 12.4. The van der Waals surface area contributed by atoms with E-state index in [2.05, 4.69) is 0 Å². The van der Waals surface area contributed by atoms with Gasteiger partial charge in [0.1, 0.15) is 12.1 Å². The van der Waals surface area contributed by atoms with Crippen LogP contribution in [0.25, 0.3) is 0 Å². The molecule has 1 aromatic rings. The normalized spacial score (nSPS) is 14.2. The van der Waals surface area contributed by atoms with Gasteiger partial charge in [-0.3, -0.25) is 10.0 Å². The Morgan fingerprint density at radius 1 is 1.38 bits per heavy atom. The van der Waals surface area contributed by atoms with Crippen LogP contribution < -0.4 is 11.0 Å². The Morgan fingerprint density at radius 3 is 2.25 bits per heavy atom. The van der Waals surface area contributed by atoms with Crippen LogP contribution in [0.4, 0.5) is 5.69 Å². The van der Waals surface area contributed by atoms with E-state index in [-0.39, 0.29) is 16.5 Å². The number of rotatable bonds is 4. The molecule has 0 aliphatic heterocycles. The van der Waals surface area contributed by atoms with E-state index in [1.165, 1.54) is 24.3 Å². The Hall–Kier alpha value is -1.67. The largest absolute Gasteiger partial charge is 0.733 e. The standard InChI is InChI=1S/C9H11N2O5/c10-7(9(13)14)8(12)5-1-3-6(4-2-5)11(15)16/h1-4,7-8,12,15H,10H2,(H,13,14)/q-1/t7-,8+/m0/s1. The van der Waals surface area contributed by atoms with Crippen LogP contribution in [-0.4, -0.2) is 27.4 Å². The summed E-state index contributed by atoms with van der Waals surface area (Å²) in [6.45, 7) is 0. The van der Waals surface area contributed by atoms with Gasteiger partial charge in [0.15, 0.2) is 0 Å². The number of nitrogens with zero attached hydrogens (tertiary/aromatic N) is 1. The van der Waals surface area contributed by atoms with Crippen LogP contribution >= 0.6 is 0 Å². The van der Waals surface area contributed by atoms with Crippen molar-refractivity contribution >= 4 is 11.7 Å². The summed E-state index contributed by atoms with van der Waals surface area (Å²) >= 11 is 0. The zero-order valence-corrected chi connectivity index (χ0v) is 8.15. The second-order valence-electron chi connectivity index (χ2n) is 3.17. The lowest BCUT2D eigenvalue weighted by molar-refractivity contribution is -0.141. The molecule has 5 N–H and O–H groups in total. The number of carbonyl (C=O) groups is 1. The van der Waals surface area contributed by atoms with Crippen LogP contribution in [0.5, 0.6) is 0 Å². The lowest BCUT2D eigenvalue weighted by Crippen LogP contribution is -2.36. The number of aliphatic carboxylic acids is 1. The van der Waals surface area contributed by atoms with Crippen LogP contribution in [0.1, 0.15) is 11.7 Å². The molecule has 2 atom stereocenters. The molecule has 0 amide bonds. The molecule has 7 heteroatoms. The molecule has 0 fully saturated rings. The first-order chi connectivity index (χ1) is 7.43. The highest BCUT2D eigenvalue weighted by Crippen LogP contribution is 2.19. The maximum Gasteiger partial charge on any atom is 0.323 e. The van der Waals surface area contributed by atoms with E-state index in [0.717, 1.165) is 0 Å². The molecule has 0 unspecified atom stereocenters. The van der Waals surface area contributed by atoms with Gasteiger partial charge in [-0.15, -0.1) is 0 Å². The molecule has 1 rings (SSSR count). The van der Waals surface area contributed by atoms with Gasteiger partial charge in [-0.25, -0.2) is 0 Å². The Kier molecular flexibility index (Phi) is 3.80. The Bertz CT molecular complexity index is 365. The molecule has 7 nitrogen and oxygen atoms in total. The fraction of sp³-hybridized carbons (Fsp3) is 0.222. The molecule has 0 heterocycles. The van der Waals surface area contributed by atoms with Crippen molar-refractivity contribution in [3.05, 3.63) is 35.0 Å². The van der Waals surface area contributed by atoms with Gasteiger partial charge in [0, 0.05) is 0 Å². The third kappa shape index (κ3) is 2.67. The van der Waals surface area contributed by atoms with Crippen molar-refractivity contribution in [2.24, 2.45) is 5.73 Å². The van der Waals surface area contributed by atoms with Crippen molar-refractivity contribution in [1.82, 2.24) is 0 Å². The average molecular weight is 227 g/mol. The Morgan fingerprint density at radius 2 is 1.88 bits per heavy atom. The Balaban J connectivity index is 2.85. The maximum atomic E-state index is 10.5. The van der Waals surface area contributed by atoms with E-state index >= 15 is 0 Å². The third-order valence-corrected chi connectivity index (χ3v) is 2.08. The quantitative estimate of drug-likeness (QED) is 0.525. The van der Waals surface area contributed by atoms with E-state index in [1.54, 1.807) is 0 Å². The van der Waals surface area contributed by atoms with Crippen LogP contribution in [0, 0.1) is 5.21 Å². The number of carboxylic acid groups (broad SMARTS) is 1. The van der Waals surface area contributed by atoms with E-state index < -0.39 is 18.1 Å². The van der Waals surface area contributed by atoms with Gasteiger partial charge in [-0.1, -0.05) is 12.1 Å². The number of hydrogen-bond acceptors (Lipinski definition) is 6. The smallest absolute Gasteiger partial charge is 0.323 e. The van der Waals surface area contributed by atoms with Crippen molar-refractivity contribution < 1.29 is 20.2 Å². The van der Waals surface area contributed by atoms with Crippen molar-refractivity contribution in [3.8, 4) is 0 Å². The van der Waals surface area contributed by atoms with Crippen LogP contribution in [0.3, 0.4) is 0 Å². The van der Waals surface area contributed by atoms with E-state index in [0.29, 0.717) is 0 Å². The first-order valence-corrected chi connectivity index (χ1v) is 4.36. The number of aliphatic hydroxyl groups excluding tert-OH is 1. The molecular weight excluding hydrogens is 216 g/mol. The molecule has 88 valence electrons. The highest BCUT2D eigenvalue weighted by molar-refractivity contribution is 5.74. The molecular formula is C9H11N2O5-. The number of hydrogen-bond donors (Lipinski definition) is 4. The maximum absolute atomic E-state index is 10.5. The topological polar surface area (TPSA) is 130 Å². The molecule has 0 spiro atoms. The minimum Gasteiger partial charge on any atom is -0.733 e. The van der Waals surface area contributed by atoms with Gasteiger partial charge in [0.25, 0.3) is 0 Å². The van der Waals surface area contributed by atoms with Crippen LogP contribution in [0.15, 0.2) is 24.3 Å². The number of nitrogens with two attached hydrogens (primary N) is 1. The summed E-state index contributed by atoms with van der Waals surface area (Å²) in [4.78, 5) is 10.5. The monoisotopic (exact) mass is 227 g/mol. The summed E-state index contributed by atoms with van der Waals surface area (Å²) in [5.41, 5.74) is 5.44. The molecule has 1 aromatic carbocycles. The van der Waals surface area contributed by atoms with Crippen LogP contribution in [-0.2, 0) is 4.79 Å². The molecule has 0 aliphatic rings. The molecule has 0 saturated carbocycles. The van der Waals surface area contributed by atoms with E-state index in [9.17, 15) is 15.1 Å². The van der Waals surface area contributed by atoms with Gasteiger partial charge in [0.2, 0.25) is 0 Å². The molecule has 16 heavy (non-hydrogen) atoms. The fourth-order valence-electron chi connectivity index (χ4n) is 1.14. The van der Waals surface area contributed by atoms with Crippen molar-refractivity contribution in [2.75, 3.05) is 5.23 Å². The Labute approximate surface area is 90.9 Å². The number of benzene rings is 1. The van der Waals surface area contributed by atoms with Crippen molar-refractivity contribution in [2.45, 2.75) is 12.1 Å². The number of aliphatic hydroxyl groups is 1. The van der Waals surface area contributed by atoms with Gasteiger partial charge in [-0.2, -0.15) is 0 Å². The molecule has 0 bridgehead atoms. The minimum absolute atomic E-state index is 0.0279. The van der Waals surface area contributed by atoms with Crippen LogP contribution in [0.2, 0.25) is 0 Å². The zero-order chi connectivity index (χ0) is 12.3. The number of anilines is 1. The predicted octanol–water partition coefficient (Wildman–Crippen LogP) is -0.175. The van der Waals surface area contributed by atoms with Crippen molar-refractivity contribution in [1.29, 1.82) is 0 Å². The predicted molar refractivity (Wildman–Crippen MR) is 54.6 cm³/mol. The zero-order valence-electron chi connectivity index (χ0n) is 8.15. The highest BCUT2D eigenvalue weighted by Gasteiger charge is 2.23. The summed E-state index contributed by atoms with van der Waals surface area (Å²) in [5, 5.41) is 36.8. The van der Waals surface area contributed by atoms with E-state index in [4.69, 9.17) is 16.0 Å². The van der Waals surface area contributed by atoms with Gasteiger partial charge in [-0.05, 0) is 17.7 Å². The summed E-state index contributed by atoms with van der Waals surface area (Å²) in [7, 11) is 0. The average Bonchev–Trinajstić information content (AvgIpc) is 2.27. The lowest BCUT2D eigenvalue weighted by Gasteiger charge is -2.22. The van der Waals surface area contributed by atoms with E-state index in [1.807, 2.05) is 0 Å². The van der Waals surface area contributed by atoms with Gasteiger partial charge >= 0.3 is 5.97 Å². The molecule has 0 radical (unpaired) electrons. The minimum atomic E-state index is -1.44. The van der Waals surface area contributed by atoms with Gasteiger partial charge < -0.3 is 26.4 Å². The molecule has 0 saturated heterocycles. The first-order valence-electron chi connectivity index (χ1n) is 4.36. The van der Waals surface area contributed by atoms with Crippen molar-refractivity contribution in [3.63, 3.8) is 0 Å². The summed E-state index contributed by atoms with van der Waals surface area (Å²) < 4.78 is 0. The lowest BCUT2D eigenvalue weighted by atomic mass is 10.0. The second kappa shape index (κ2) is 4.90. The highest BCUT2D eigenvalue weighted by atomic mass is 16.8. The van der Waals surface area contributed by atoms with Gasteiger partial charge in [0.05, 0.1) is 5.69 Å². The third-order valence-electron chi connectivity index (χ3n) is 2.08.